The number of aliphatic hydroxyl groups is 1. The minimum absolute atomic E-state index is 0.00596. The molecule has 122 valence electrons. The number of aliphatic hydroxyl groups excluding tert-OH is 1. The van der Waals surface area contributed by atoms with Crippen LogP contribution in [0.3, 0.4) is 0 Å². The maximum Gasteiger partial charge on any atom is 0.109 e. The summed E-state index contributed by atoms with van der Waals surface area (Å²) in [6, 6.07) is 0. The van der Waals surface area contributed by atoms with Crippen LogP contribution in [0.25, 0.3) is 0 Å². The van der Waals surface area contributed by atoms with Gasteiger partial charge in [-0.3, -0.25) is 4.90 Å². The third-order valence-corrected chi connectivity index (χ3v) is 4.02. The Kier molecular flexibility index (Phi) is 13.8. The Labute approximate surface area is 126 Å². The number of ether oxygens (including phenoxy) is 1. The maximum atomic E-state index is 9.41. The van der Waals surface area contributed by atoms with Crippen LogP contribution in [0.5, 0.6) is 0 Å². The Morgan fingerprint density at radius 2 is 1.30 bits per heavy atom. The number of hydrogen-bond donors (Lipinski definition) is 1. The van der Waals surface area contributed by atoms with E-state index in [1.54, 1.807) is 6.92 Å². The van der Waals surface area contributed by atoms with Crippen molar-refractivity contribution < 1.29 is 9.84 Å². The fourth-order valence-electron chi connectivity index (χ4n) is 2.26. The van der Waals surface area contributed by atoms with Crippen molar-refractivity contribution >= 4 is 0 Å². The number of nitrogens with zero attached hydrogens (tertiary/aromatic N) is 1. The van der Waals surface area contributed by atoms with E-state index in [1.807, 2.05) is 18.9 Å². The normalized spacial score (nSPS) is 14.7. The van der Waals surface area contributed by atoms with Crippen molar-refractivity contribution in [1.29, 1.82) is 0 Å². The summed E-state index contributed by atoms with van der Waals surface area (Å²) in [5.74, 6) is 0. The Morgan fingerprint density at radius 3 is 1.75 bits per heavy atom. The monoisotopic (exact) mass is 287 g/mol. The second-order valence-corrected chi connectivity index (χ2v) is 5.95. The fraction of sp³-hybridized carbons (Fsp3) is 1.00. The average molecular weight is 287 g/mol. The van der Waals surface area contributed by atoms with Crippen molar-refractivity contribution in [3.8, 4) is 0 Å². The summed E-state index contributed by atoms with van der Waals surface area (Å²) in [4.78, 5) is 1.83. The third-order valence-electron chi connectivity index (χ3n) is 4.02. The minimum atomic E-state index is -0.447. The highest BCUT2D eigenvalue weighted by Gasteiger charge is 2.12. The molecule has 1 N–H and O–H groups in total. The smallest absolute Gasteiger partial charge is 0.109 e. The van der Waals surface area contributed by atoms with Gasteiger partial charge in [-0.15, -0.1) is 0 Å². The molecule has 0 rings (SSSR count). The lowest BCUT2D eigenvalue weighted by molar-refractivity contribution is -0.103. The zero-order valence-corrected chi connectivity index (χ0v) is 14.2. The van der Waals surface area contributed by atoms with Gasteiger partial charge in [0.1, 0.15) is 12.5 Å². The Balaban J connectivity index is 3.20. The number of unbranched alkanes of at least 4 members (excludes halogenated alkanes) is 9. The molecule has 0 saturated carbocycles. The molecule has 0 aromatic heterocycles. The molecule has 0 aromatic rings. The molecule has 0 aliphatic rings. The first-order valence-electron chi connectivity index (χ1n) is 8.61. The van der Waals surface area contributed by atoms with Crippen molar-refractivity contribution in [2.24, 2.45) is 0 Å². The number of rotatable bonds is 14. The quantitative estimate of drug-likeness (QED) is 0.376. The van der Waals surface area contributed by atoms with Gasteiger partial charge in [-0.1, -0.05) is 64.7 Å². The summed E-state index contributed by atoms with van der Waals surface area (Å²) < 4.78 is 5.70. The van der Waals surface area contributed by atoms with E-state index >= 15 is 0 Å². The second kappa shape index (κ2) is 13.8. The van der Waals surface area contributed by atoms with E-state index in [1.165, 1.54) is 57.8 Å². The molecule has 0 aliphatic carbocycles. The molecule has 0 aromatic carbocycles. The molecule has 0 heterocycles. The van der Waals surface area contributed by atoms with Crippen molar-refractivity contribution in [2.45, 2.75) is 97.4 Å². The lowest BCUT2D eigenvalue weighted by Crippen LogP contribution is -2.38. The lowest BCUT2D eigenvalue weighted by atomic mass is 10.1. The molecule has 3 nitrogen and oxygen atoms in total. The third kappa shape index (κ3) is 11.7. The van der Waals surface area contributed by atoms with Crippen LogP contribution in [0.2, 0.25) is 0 Å². The van der Waals surface area contributed by atoms with Gasteiger partial charge >= 0.3 is 0 Å². The molecule has 0 bridgehead atoms. The van der Waals surface area contributed by atoms with E-state index in [0.717, 1.165) is 13.0 Å². The SMILES string of the molecule is CCCCCCCCCCCCOC(C)N(C)C(C)O. The molecule has 20 heavy (non-hydrogen) atoms. The van der Waals surface area contributed by atoms with Gasteiger partial charge in [0.25, 0.3) is 0 Å². The first-order chi connectivity index (χ1) is 9.59. The van der Waals surface area contributed by atoms with Crippen LogP contribution < -0.4 is 0 Å². The molecular formula is C17H37NO2. The van der Waals surface area contributed by atoms with Crippen LogP contribution >= 0.6 is 0 Å². The second-order valence-electron chi connectivity index (χ2n) is 5.95. The summed E-state index contributed by atoms with van der Waals surface area (Å²) in [6.45, 7) is 6.82. The molecule has 0 radical (unpaired) electrons. The van der Waals surface area contributed by atoms with Crippen LogP contribution in [0.15, 0.2) is 0 Å². The van der Waals surface area contributed by atoms with E-state index in [2.05, 4.69) is 6.92 Å². The van der Waals surface area contributed by atoms with Crippen LogP contribution in [-0.4, -0.2) is 36.1 Å². The van der Waals surface area contributed by atoms with E-state index in [-0.39, 0.29) is 6.23 Å². The zero-order valence-electron chi connectivity index (χ0n) is 14.2. The molecule has 0 saturated heterocycles. The van der Waals surface area contributed by atoms with E-state index in [0.29, 0.717) is 0 Å². The van der Waals surface area contributed by atoms with Gasteiger partial charge in [0.15, 0.2) is 0 Å². The van der Waals surface area contributed by atoms with E-state index in [4.69, 9.17) is 4.74 Å². The van der Waals surface area contributed by atoms with E-state index in [9.17, 15) is 5.11 Å². The summed E-state index contributed by atoms with van der Waals surface area (Å²) in [5.41, 5.74) is 0. The predicted molar refractivity (Wildman–Crippen MR) is 86.7 cm³/mol. The topological polar surface area (TPSA) is 32.7 Å². The number of hydrogen-bond acceptors (Lipinski definition) is 3. The molecule has 0 amide bonds. The van der Waals surface area contributed by atoms with Gasteiger partial charge in [-0.05, 0) is 27.3 Å². The molecule has 2 atom stereocenters. The molecule has 0 aliphatic heterocycles. The maximum absolute atomic E-state index is 9.41. The first-order valence-corrected chi connectivity index (χ1v) is 8.61. The van der Waals surface area contributed by atoms with Gasteiger partial charge in [0.2, 0.25) is 0 Å². The van der Waals surface area contributed by atoms with Crippen LogP contribution in [0.4, 0.5) is 0 Å². The Bertz CT molecular complexity index is 197. The van der Waals surface area contributed by atoms with Crippen LogP contribution in [-0.2, 0) is 4.74 Å². The van der Waals surface area contributed by atoms with Gasteiger partial charge in [0.05, 0.1) is 0 Å². The molecule has 3 heteroatoms. The molecular weight excluding hydrogens is 250 g/mol. The zero-order chi connectivity index (χ0) is 15.2. The fourth-order valence-corrected chi connectivity index (χ4v) is 2.26. The van der Waals surface area contributed by atoms with Crippen molar-refractivity contribution in [3.05, 3.63) is 0 Å². The van der Waals surface area contributed by atoms with Crippen molar-refractivity contribution in [3.63, 3.8) is 0 Å². The highest BCUT2D eigenvalue weighted by atomic mass is 16.5. The molecule has 0 fully saturated rings. The minimum Gasteiger partial charge on any atom is -0.379 e. The van der Waals surface area contributed by atoms with Gasteiger partial charge < -0.3 is 9.84 Å². The average Bonchev–Trinajstić information content (AvgIpc) is 2.43. The summed E-state index contributed by atoms with van der Waals surface area (Å²) in [7, 11) is 1.88. The Morgan fingerprint density at radius 1 is 0.850 bits per heavy atom. The summed E-state index contributed by atoms with van der Waals surface area (Å²) >= 11 is 0. The molecule has 0 spiro atoms. The standard InChI is InChI=1S/C17H37NO2/c1-5-6-7-8-9-10-11-12-13-14-15-20-17(3)18(4)16(2)19/h16-17,19H,5-15H2,1-4H3. The van der Waals surface area contributed by atoms with Gasteiger partial charge in [-0.2, -0.15) is 0 Å². The van der Waals surface area contributed by atoms with Gasteiger partial charge in [0, 0.05) is 6.61 Å². The highest BCUT2D eigenvalue weighted by molar-refractivity contribution is 4.53. The van der Waals surface area contributed by atoms with Crippen LogP contribution in [0, 0.1) is 0 Å². The molecule has 2 unspecified atom stereocenters. The highest BCUT2D eigenvalue weighted by Crippen LogP contribution is 2.11. The van der Waals surface area contributed by atoms with Crippen molar-refractivity contribution in [1.82, 2.24) is 4.90 Å². The van der Waals surface area contributed by atoms with Gasteiger partial charge in [-0.25, -0.2) is 0 Å². The summed E-state index contributed by atoms with van der Waals surface area (Å²) in [6.07, 6.45) is 13.0. The van der Waals surface area contributed by atoms with E-state index < -0.39 is 6.23 Å². The predicted octanol–water partition coefficient (Wildman–Crippen LogP) is 4.54. The van der Waals surface area contributed by atoms with Crippen molar-refractivity contribution in [2.75, 3.05) is 13.7 Å². The lowest BCUT2D eigenvalue weighted by Gasteiger charge is -2.27. The largest absolute Gasteiger partial charge is 0.379 e. The first kappa shape index (κ1) is 19.9. The summed E-state index contributed by atoms with van der Waals surface area (Å²) in [5, 5.41) is 9.41. The Hall–Kier alpha value is -0.120. The van der Waals surface area contributed by atoms with Crippen LogP contribution in [0.1, 0.15) is 85.0 Å².